The van der Waals surface area contributed by atoms with E-state index in [0.717, 1.165) is 77.2 Å². The van der Waals surface area contributed by atoms with Crippen LogP contribution >= 0.6 is 0 Å². The maximum atomic E-state index is 12.2. The van der Waals surface area contributed by atoms with E-state index in [0.29, 0.717) is 22.6 Å². The van der Waals surface area contributed by atoms with E-state index >= 15 is 0 Å². The minimum atomic E-state index is -0.267. The van der Waals surface area contributed by atoms with Crippen LogP contribution in [0, 0.1) is 19.8 Å². The Morgan fingerprint density at radius 1 is 0.387 bits per heavy atom. The van der Waals surface area contributed by atoms with Crippen molar-refractivity contribution in [3.8, 4) is 56.6 Å². The van der Waals surface area contributed by atoms with Crippen LogP contribution in [0.1, 0.15) is 31.9 Å². The number of aryl methyl sites for hydroxylation is 2. The van der Waals surface area contributed by atoms with Crippen LogP contribution in [0.5, 0.6) is 23.0 Å². The van der Waals surface area contributed by atoms with Crippen molar-refractivity contribution in [3.63, 3.8) is 0 Å². The quantitative estimate of drug-likeness (QED) is 0.144. The molecule has 0 saturated heterocycles. The van der Waals surface area contributed by atoms with Crippen LogP contribution in [-0.2, 0) is 0 Å². The highest BCUT2D eigenvalue weighted by atomic mass is 16.5. The Balaban J connectivity index is 0.952. The summed E-state index contributed by atoms with van der Waals surface area (Å²) < 4.78 is 18.0. The first-order valence-electron chi connectivity index (χ1n) is 21.3. The molecule has 0 aliphatic rings. The number of rotatable bonds is 10. The van der Waals surface area contributed by atoms with Crippen molar-refractivity contribution in [2.45, 2.75) is 46.8 Å². The molecule has 2 heterocycles. The third kappa shape index (κ3) is 6.51. The summed E-state index contributed by atoms with van der Waals surface area (Å²) in [4.78, 5) is 0. The Bertz CT molecular complexity index is 2990. The average Bonchev–Trinajstić information content (AvgIpc) is 3.81. The van der Waals surface area contributed by atoms with Gasteiger partial charge >= 0.3 is 0 Å². The molecule has 0 radical (unpaired) electrons. The van der Waals surface area contributed by atoms with E-state index in [2.05, 4.69) is 117 Å². The third-order valence-corrected chi connectivity index (χ3v) is 12.6. The molecule has 2 N–H and O–H groups in total. The molecule has 0 aliphatic carbocycles. The molecule has 10 aromatic rings. The molecular formula is C56H48N2O4. The Kier molecular flexibility index (Phi) is 9.71. The van der Waals surface area contributed by atoms with Gasteiger partial charge in [-0.2, -0.15) is 0 Å². The Morgan fingerprint density at radius 3 is 1.05 bits per heavy atom. The fourth-order valence-corrected chi connectivity index (χ4v) is 9.22. The smallest absolute Gasteiger partial charge is 0.147 e. The first-order valence-corrected chi connectivity index (χ1v) is 21.3. The summed E-state index contributed by atoms with van der Waals surface area (Å²) in [6, 6.07) is 57.3. The Morgan fingerprint density at radius 2 is 0.694 bits per heavy atom. The minimum absolute atomic E-state index is 0.0605. The molecule has 2 aromatic heterocycles. The van der Waals surface area contributed by atoms with Crippen LogP contribution in [0.25, 0.3) is 77.2 Å². The van der Waals surface area contributed by atoms with Gasteiger partial charge in [0.1, 0.15) is 35.2 Å². The van der Waals surface area contributed by atoms with E-state index in [9.17, 15) is 10.2 Å². The second kappa shape index (κ2) is 15.5. The first kappa shape index (κ1) is 38.7. The molecule has 62 heavy (non-hydrogen) atoms. The fraction of sp³-hybridized carbons (Fsp3) is 0.143. The monoisotopic (exact) mass is 812 g/mol. The lowest BCUT2D eigenvalue weighted by atomic mass is 9.97. The summed E-state index contributed by atoms with van der Waals surface area (Å²) in [6.45, 7) is 10.4. The number of nitrogens with zero attached hydrogens (tertiary/aromatic N) is 2. The number of hydrogen-bond donors (Lipinski definition) is 2. The van der Waals surface area contributed by atoms with Gasteiger partial charge in [0.25, 0.3) is 0 Å². The summed E-state index contributed by atoms with van der Waals surface area (Å²) in [6.07, 6.45) is -0.535. The largest absolute Gasteiger partial charge is 0.505 e. The van der Waals surface area contributed by atoms with Crippen LogP contribution in [0.4, 0.5) is 0 Å². The summed E-state index contributed by atoms with van der Waals surface area (Å²) >= 11 is 0. The highest BCUT2D eigenvalue weighted by Gasteiger charge is 2.27. The van der Waals surface area contributed by atoms with E-state index in [1.165, 1.54) is 0 Å². The standard InChI is InChI=1S/C56H48N2O4/c1-34-30-45(55(59)51(32-34)57-47-24-12-6-18-39(47)40-19-7-13-25-48(40)57)43-22-10-16-28-53(43)61-37(4)36(3)38(5)62-54-29-17-11-23-44(54)46-31-35(2)33-52(56(46)60)58-49-26-14-8-20-41(49)42-21-9-15-27-50(42)58/h6-33,36-38,59-60H,1-5H3/t36?,37-,38?/m1/s1. The summed E-state index contributed by atoms with van der Waals surface area (Å²) in [7, 11) is 0. The molecule has 3 atom stereocenters. The van der Waals surface area contributed by atoms with E-state index in [-0.39, 0.29) is 29.6 Å². The molecular weight excluding hydrogens is 765 g/mol. The van der Waals surface area contributed by atoms with Gasteiger partial charge < -0.3 is 28.8 Å². The zero-order valence-electron chi connectivity index (χ0n) is 35.5. The molecule has 0 bridgehead atoms. The van der Waals surface area contributed by atoms with Crippen LogP contribution in [0.2, 0.25) is 0 Å². The number of fused-ring (bicyclic) bond motifs is 6. The molecule has 6 nitrogen and oxygen atoms in total. The minimum Gasteiger partial charge on any atom is -0.505 e. The van der Waals surface area contributed by atoms with Gasteiger partial charge in [-0.3, -0.25) is 0 Å². The maximum Gasteiger partial charge on any atom is 0.147 e. The van der Waals surface area contributed by atoms with Gasteiger partial charge in [-0.15, -0.1) is 0 Å². The van der Waals surface area contributed by atoms with Crippen LogP contribution in [0.3, 0.4) is 0 Å². The number of aromatic nitrogens is 2. The lowest BCUT2D eigenvalue weighted by molar-refractivity contribution is 0.0706. The molecule has 10 rings (SSSR count). The van der Waals surface area contributed by atoms with Gasteiger partial charge in [0.15, 0.2) is 0 Å². The number of para-hydroxylation sites is 6. The number of hydrogen-bond acceptors (Lipinski definition) is 4. The predicted molar refractivity (Wildman–Crippen MR) is 255 cm³/mol. The van der Waals surface area contributed by atoms with Crippen molar-refractivity contribution < 1.29 is 19.7 Å². The van der Waals surface area contributed by atoms with Crippen LogP contribution < -0.4 is 9.47 Å². The van der Waals surface area contributed by atoms with Crippen LogP contribution in [0.15, 0.2) is 170 Å². The molecule has 0 aliphatic heterocycles. The summed E-state index contributed by atoms with van der Waals surface area (Å²) in [5.41, 5.74) is 10.6. The molecule has 0 fully saturated rings. The number of phenols is 2. The topological polar surface area (TPSA) is 68.8 Å². The first-order chi connectivity index (χ1) is 30.2. The summed E-state index contributed by atoms with van der Waals surface area (Å²) in [5, 5.41) is 28.9. The molecule has 0 saturated carbocycles. The Hall–Kier alpha value is -7.44. The number of benzene rings is 8. The normalized spacial score (nSPS) is 13.2. The zero-order chi connectivity index (χ0) is 42.6. The molecule has 6 heteroatoms. The molecule has 8 aromatic carbocycles. The van der Waals surface area contributed by atoms with E-state index in [4.69, 9.17) is 9.47 Å². The van der Waals surface area contributed by atoms with Crippen molar-refractivity contribution in [2.75, 3.05) is 0 Å². The van der Waals surface area contributed by atoms with Gasteiger partial charge in [0.05, 0.1) is 33.4 Å². The van der Waals surface area contributed by atoms with Gasteiger partial charge in [-0.25, -0.2) is 0 Å². The van der Waals surface area contributed by atoms with E-state index < -0.39 is 0 Å². The molecule has 2 unspecified atom stereocenters. The average molecular weight is 813 g/mol. The van der Waals surface area contributed by atoms with Gasteiger partial charge in [0, 0.05) is 49.7 Å². The third-order valence-electron chi connectivity index (χ3n) is 12.6. The van der Waals surface area contributed by atoms with E-state index in [1.807, 2.05) is 97.1 Å². The number of ether oxygens (including phenoxy) is 2. The van der Waals surface area contributed by atoms with Crippen molar-refractivity contribution in [2.24, 2.45) is 5.92 Å². The fourth-order valence-electron chi connectivity index (χ4n) is 9.22. The summed E-state index contributed by atoms with van der Waals surface area (Å²) in [5.74, 6) is 1.67. The SMILES string of the molecule is Cc1cc(-c2ccccc2OC(C)C(C)[C@@H](C)Oc2ccccc2-c2cc(C)cc(-n3c4ccccc4c4ccccc43)c2O)c(O)c(-n2c3ccccc3c3ccccc32)c1. The van der Waals surface area contributed by atoms with Crippen LogP contribution in [-0.4, -0.2) is 31.6 Å². The lowest BCUT2D eigenvalue weighted by Crippen LogP contribution is -2.33. The second-order valence-corrected chi connectivity index (χ2v) is 16.6. The molecule has 0 spiro atoms. The second-order valence-electron chi connectivity index (χ2n) is 16.6. The maximum absolute atomic E-state index is 12.2. The number of aromatic hydroxyl groups is 2. The van der Waals surface area contributed by atoms with Crippen molar-refractivity contribution in [1.82, 2.24) is 9.13 Å². The highest BCUT2D eigenvalue weighted by molar-refractivity contribution is 6.10. The van der Waals surface area contributed by atoms with E-state index in [1.54, 1.807) is 0 Å². The highest BCUT2D eigenvalue weighted by Crippen LogP contribution is 2.45. The predicted octanol–water partition coefficient (Wildman–Crippen LogP) is 14.1. The van der Waals surface area contributed by atoms with Gasteiger partial charge in [0.2, 0.25) is 0 Å². The number of phenolic OH excluding ortho intramolecular Hbond substituents is 2. The lowest BCUT2D eigenvalue weighted by Gasteiger charge is -2.29. The van der Waals surface area contributed by atoms with Gasteiger partial charge in [-0.1, -0.05) is 116 Å². The molecule has 0 amide bonds. The van der Waals surface area contributed by atoms with Crippen molar-refractivity contribution in [1.29, 1.82) is 0 Å². The Labute approximate surface area is 361 Å². The van der Waals surface area contributed by atoms with Crippen molar-refractivity contribution >= 4 is 43.6 Å². The zero-order valence-corrected chi connectivity index (χ0v) is 35.5. The van der Waals surface area contributed by atoms with Crippen molar-refractivity contribution in [3.05, 3.63) is 181 Å². The molecule has 306 valence electrons. The van der Waals surface area contributed by atoms with Gasteiger partial charge in [-0.05, 0) is 99.5 Å².